The molecule has 6 nitrogen and oxygen atoms in total. The van der Waals surface area contributed by atoms with Gasteiger partial charge in [0.15, 0.2) is 0 Å². The zero-order valence-corrected chi connectivity index (χ0v) is 11.3. The lowest BCUT2D eigenvalue weighted by molar-refractivity contribution is -0.147. The van der Waals surface area contributed by atoms with E-state index in [2.05, 4.69) is 20.9 Å². The molecule has 1 aromatic heterocycles. The molecule has 1 fully saturated rings. The van der Waals surface area contributed by atoms with Crippen LogP contribution in [-0.2, 0) is 4.74 Å². The number of hydrogen-bond donors (Lipinski definition) is 4. The minimum Gasteiger partial charge on any atom is -0.394 e. The molecule has 0 spiro atoms. The lowest BCUT2D eigenvalue weighted by atomic mass is 10.0. The van der Waals surface area contributed by atoms with Crippen LogP contribution in [0.3, 0.4) is 0 Å². The van der Waals surface area contributed by atoms with Crippen molar-refractivity contribution < 1.29 is 20.1 Å². The van der Waals surface area contributed by atoms with Crippen LogP contribution in [-0.4, -0.2) is 51.8 Å². The van der Waals surface area contributed by atoms with E-state index in [9.17, 15) is 0 Å². The van der Waals surface area contributed by atoms with Gasteiger partial charge in [-0.1, -0.05) is 6.07 Å². The van der Waals surface area contributed by atoms with Gasteiger partial charge in [-0.25, -0.2) is 4.98 Å². The van der Waals surface area contributed by atoms with E-state index < -0.39 is 18.3 Å². The maximum Gasteiger partial charge on any atom is 0.124 e. The van der Waals surface area contributed by atoms with Crippen LogP contribution in [0.5, 0.6) is 0 Å². The zero-order chi connectivity index (χ0) is 13.5. The average molecular weight is 321 g/mol. The van der Waals surface area contributed by atoms with Crippen molar-refractivity contribution in [1.29, 1.82) is 0 Å². The van der Waals surface area contributed by atoms with Crippen molar-refractivity contribution in [3.05, 3.63) is 22.8 Å². The monoisotopic (exact) mass is 320 g/mol. The lowest BCUT2D eigenvalue weighted by Crippen LogP contribution is -2.46. The Kier molecular flexibility index (Phi) is 6.51. The molecule has 0 aliphatic carbocycles. The highest BCUT2D eigenvalue weighted by molar-refractivity contribution is 9.10. The SMILES string of the molecule is Nc1cccc(Br)n1.OCC1OCCC(O)C1O. The molecule has 2 heterocycles. The Morgan fingerprint density at radius 3 is 2.61 bits per heavy atom. The van der Waals surface area contributed by atoms with Crippen molar-refractivity contribution in [2.45, 2.75) is 24.7 Å². The summed E-state index contributed by atoms with van der Waals surface area (Å²) in [5.74, 6) is 0.541. The first-order valence-corrected chi connectivity index (χ1v) is 6.30. The highest BCUT2D eigenvalue weighted by Gasteiger charge is 2.30. The molecule has 3 unspecified atom stereocenters. The quantitative estimate of drug-likeness (QED) is 0.539. The van der Waals surface area contributed by atoms with Crippen LogP contribution in [0.15, 0.2) is 22.8 Å². The van der Waals surface area contributed by atoms with E-state index in [0.717, 1.165) is 4.60 Å². The highest BCUT2D eigenvalue weighted by atomic mass is 79.9. The van der Waals surface area contributed by atoms with Crippen LogP contribution in [0.2, 0.25) is 0 Å². The maximum atomic E-state index is 9.10. The zero-order valence-electron chi connectivity index (χ0n) is 9.74. The third-order valence-electron chi connectivity index (χ3n) is 2.44. The summed E-state index contributed by atoms with van der Waals surface area (Å²) in [5.41, 5.74) is 5.32. The van der Waals surface area contributed by atoms with Crippen LogP contribution >= 0.6 is 15.9 Å². The number of halogens is 1. The van der Waals surface area contributed by atoms with Gasteiger partial charge >= 0.3 is 0 Å². The predicted molar refractivity (Wildman–Crippen MR) is 69.8 cm³/mol. The Morgan fingerprint density at radius 1 is 1.44 bits per heavy atom. The molecule has 102 valence electrons. The molecule has 1 saturated heterocycles. The predicted octanol–water partition coefficient (Wildman–Crippen LogP) is -0.0843. The Labute approximate surface area is 114 Å². The number of anilines is 1. The smallest absolute Gasteiger partial charge is 0.124 e. The first-order chi connectivity index (χ1) is 8.54. The summed E-state index contributed by atoms with van der Waals surface area (Å²) in [6, 6.07) is 5.41. The summed E-state index contributed by atoms with van der Waals surface area (Å²) >= 11 is 3.17. The molecule has 1 aliphatic rings. The number of aliphatic hydroxyl groups excluding tert-OH is 3. The van der Waals surface area contributed by atoms with E-state index in [1.807, 2.05) is 12.1 Å². The summed E-state index contributed by atoms with van der Waals surface area (Å²) in [7, 11) is 0. The molecule has 1 aliphatic heterocycles. The summed E-state index contributed by atoms with van der Waals surface area (Å²) in [5, 5.41) is 26.7. The second kappa shape index (κ2) is 7.65. The van der Waals surface area contributed by atoms with Gasteiger partial charge in [0.1, 0.15) is 22.6 Å². The Bertz CT molecular complexity index is 349. The van der Waals surface area contributed by atoms with Crippen LogP contribution < -0.4 is 5.73 Å². The van der Waals surface area contributed by atoms with E-state index in [1.54, 1.807) is 6.07 Å². The topological polar surface area (TPSA) is 109 Å². The number of aromatic nitrogens is 1. The number of hydrogen-bond acceptors (Lipinski definition) is 6. The van der Waals surface area contributed by atoms with Crippen LogP contribution in [0, 0.1) is 0 Å². The van der Waals surface area contributed by atoms with Crippen molar-refractivity contribution >= 4 is 21.7 Å². The van der Waals surface area contributed by atoms with Crippen molar-refractivity contribution in [3.63, 3.8) is 0 Å². The van der Waals surface area contributed by atoms with Crippen molar-refractivity contribution in [2.24, 2.45) is 0 Å². The first-order valence-electron chi connectivity index (χ1n) is 5.51. The van der Waals surface area contributed by atoms with E-state index >= 15 is 0 Å². The van der Waals surface area contributed by atoms with Crippen LogP contribution in [0.25, 0.3) is 0 Å². The van der Waals surface area contributed by atoms with Gasteiger partial charge < -0.3 is 25.8 Å². The van der Waals surface area contributed by atoms with E-state index in [1.165, 1.54) is 0 Å². The van der Waals surface area contributed by atoms with Crippen LogP contribution in [0.1, 0.15) is 6.42 Å². The summed E-state index contributed by atoms with van der Waals surface area (Å²) in [4.78, 5) is 3.87. The summed E-state index contributed by atoms with van der Waals surface area (Å²) in [6.07, 6.45) is -1.84. The highest BCUT2D eigenvalue weighted by Crippen LogP contribution is 2.13. The second-order valence-corrected chi connectivity index (χ2v) is 4.64. The molecule has 5 N–H and O–H groups in total. The normalized spacial score (nSPS) is 27.2. The van der Waals surface area contributed by atoms with Gasteiger partial charge in [0, 0.05) is 6.61 Å². The molecule has 3 atom stereocenters. The Balaban J connectivity index is 0.000000184. The number of pyridine rings is 1. The molecule has 7 heteroatoms. The lowest BCUT2D eigenvalue weighted by Gasteiger charge is -2.30. The van der Waals surface area contributed by atoms with Crippen molar-refractivity contribution in [2.75, 3.05) is 18.9 Å². The largest absolute Gasteiger partial charge is 0.394 e. The van der Waals surface area contributed by atoms with Gasteiger partial charge in [0.25, 0.3) is 0 Å². The maximum absolute atomic E-state index is 9.10. The minimum absolute atomic E-state index is 0.238. The molecule has 2 rings (SSSR count). The van der Waals surface area contributed by atoms with E-state index in [-0.39, 0.29) is 6.61 Å². The third-order valence-corrected chi connectivity index (χ3v) is 2.88. The van der Waals surface area contributed by atoms with Crippen molar-refractivity contribution in [3.8, 4) is 0 Å². The summed E-state index contributed by atoms with van der Waals surface area (Å²) < 4.78 is 5.73. The molecule has 0 saturated carbocycles. The minimum atomic E-state index is -0.932. The van der Waals surface area contributed by atoms with Gasteiger partial charge in [-0.2, -0.15) is 0 Å². The molecular weight excluding hydrogens is 304 g/mol. The molecular formula is C11H17BrN2O4. The Morgan fingerprint density at radius 2 is 2.17 bits per heavy atom. The first kappa shape index (κ1) is 15.3. The van der Waals surface area contributed by atoms with Gasteiger partial charge in [0.2, 0.25) is 0 Å². The van der Waals surface area contributed by atoms with Crippen LogP contribution in [0.4, 0.5) is 5.82 Å². The number of rotatable bonds is 1. The van der Waals surface area contributed by atoms with Crippen molar-refractivity contribution in [1.82, 2.24) is 4.98 Å². The second-order valence-electron chi connectivity index (χ2n) is 3.82. The molecule has 0 aromatic carbocycles. The molecule has 18 heavy (non-hydrogen) atoms. The number of aliphatic hydroxyl groups is 3. The third kappa shape index (κ3) is 4.87. The van der Waals surface area contributed by atoms with Gasteiger partial charge in [0.05, 0.1) is 12.7 Å². The summed E-state index contributed by atoms with van der Waals surface area (Å²) in [6.45, 7) is 0.168. The van der Waals surface area contributed by atoms with Gasteiger partial charge in [-0.15, -0.1) is 0 Å². The number of nitrogens with zero attached hydrogens (tertiary/aromatic N) is 1. The fraction of sp³-hybridized carbons (Fsp3) is 0.545. The number of nitrogens with two attached hydrogens (primary N) is 1. The molecule has 0 bridgehead atoms. The van der Waals surface area contributed by atoms with E-state index in [0.29, 0.717) is 18.8 Å². The standard InChI is InChI=1S/C6H12O4.C5H5BrN2/c7-3-5-6(9)4(8)1-2-10-5;6-4-2-1-3-5(7)8-4/h4-9H,1-3H2;1-3H,(H2,7,8). The van der Waals surface area contributed by atoms with Gasteiger partial charge in [-0.05, 0) is 34.5 Å². The number of ether oxygens (including phenoxy) is 1. The average Bonchev–Trinajstić information content (AvgIpc) is 2.33. The van der Waals surface area contributed by atoms with E-state index in [4.69, 9.17) is 25.8 Å². The molecule has 0 radical (unpaired) electrons. The fourth-order valence-electron chi connectivity index (χ4n) is 1.44. The Hall–Kier alpha value is -0.730. The molecule has 1 aromatic rings. The fourth-order valence-corrected chi connectivity index (χ4v) is 1.80. The molecule has 0 amide bonds. The van der Waals surface area contributed by atoms with Gasteiger partial charge in [-0.3, -0.25) is 0 Å². The number of nitrogen functional groups attached to an aromatic ring is 1.